The topological polar surface area (TPSA) is 69.9 Å². The van der Waals surface area contributed by atoms with Crippen molar-refractivity contribution < 1.29 is 9.59 Å². The predicted molar refractivity (Wildman–Crippen MR) is 113 cm³/mol. The Hall–Kier alpha value is -2.08. The van der Waals surface area contributed by atoms with Gasteiger partial charge in [-0.1, -0.05) is 36.8 Å². The molecule has 158 valence electrons. The molecule has 2 aliphatic carbocycles. The van der Waals surface area contributed by atoms with Crippen LogP contribution in [-0.2, 0) is 10.3 Å². The molecule has 0 atom stereocenters. The van der Waals surface area contributed by atoms with Crippen LogP contribution < -0.4 is 5.73 Å². The average Bonchev–Trinajstić information content (AvgIpc) is 2.90. The second-order valence-corrected chi connectivity index (χ2v) is 9.53. The lowest BCUT2D eigenvalue weighted by Gasteiger charge is -2.51. The SMILES string of the molecule is CN(C)C1(c2ccccc2)CCC2(CC1)CN(CC(N)=O)C(=O)N2CC1CCC1. The van der Waals surface area contributed by atoms with Gasteiger partial charge in [-0.25, -0.2) is 4.79 Å². The summed E-state index contributed by atoms with van der Waals surface area (Å²) in [5.74, 6) is 0.181. The molecule has 6 nitrogen and oxygen atoms in total. The van der Waals surface area contributed by atoms with Crippen LogP contribution in [0.2, 0.25) is 0 Å². The lowest BCUT2D eigenvalue weighted by molar-refractivity contribution is -0.118. The quantitative estimate of drug-likeness (QED) is 0.801. The molecule has 0 radical (unpaired) electrons. The fourth-order valence-corrected chi connectivity index (χ4v) is 5.70. The Bertz CT molecular complexity index is 751. The van der Waals surface area contributed by atoms with E-state index in [4.69, 9.17) is 5.73 Å². The van der Waals surface area contributed by atoms with E-state index in [2.05, 4.69) is 54.2 Å². The molecule has 3 amide bonds. The molecular weight excluding hydrogens is 364 g/mol. The van der Waals surface area contributed by atoms with Crippen molar-refractivity contribution in [2.45, 2.75) is 56.0 Å². The van der Waals surface area contributed by atoms with Gasteiger partial charge in [0, 0.05) is 18.6 Å². The summed E-state index contributed by atoms with van der Waals surface area (Å²) < 4.78 is 0. The Morgan fingerprint density at radius 1 is 1.14 bits per heavy atom. The van der Waals surface area contributed by atoms with Crippen LogP contribution in [0, 0.1) is 5.92 Å². The zero-order valence-electron chi connectivity index (χ0n) is 17.8. The van der Waals surface area contributed by atoms with Crippen LogP contribution >= 0.6 is 0 Å². The van der Waals surface area contributed by atoms with Gasteiger partial charge in [0.2, 0.25) is 5.91 Å². The van der Waals surface area contributed by atoms with E-state index < -0.39 is 5.91 Å². The van der Waals surface area contributed by atoms with Crippen LogP contribution in [0.25, 0.3) is 0 Å². The first-order valence-electron chi connectivity index (χ1n) is 10.9. The van der Waals surface area contributed by atoms with E-state index in [9.17, 15) is 9.59 Å². The Labute approximate surface area is 174 Å². The van der Waals surface area contributed by atoms with Crippen molar-refractivity contribution in [3.63, 3.8) is 0 Å². The van der Waals surface area contributed by atoms with Crippen molar-refractivity contribution >= 4 is 11.9 Å². The van der Waals surface area contributed by atoms with E-state index in [1.54, 1.807) is 4.90 Å². The summed E-state index contributed by atoms with van der Waals surface area (Å²) in [5, 5.41) is 0. The maximum Gasteiger partial charge on any atom is 0.321 e. The fraction of sp³-hybridized carbons (Fsp3) is 0.652. The molecule has 1 aromatic carbocycles. The molecule has 3 fully saturated rings. The first-order chi connectivity index (χ1) is 13.9. The van der Waals surface area contributed by atoms with Gasteiger partial charge in [0.05, 0.1) is 5.54 Å². The molecule has 0 unspecified atom stereocenters. The zero-order chi connectivity index (χ0) is 20.6. The van der Waals surface area contributed by atoms with Gasteiger partial charge in [-0.2, -0.15) is 0 Å². The van der Waals surface area contributed by atoms with Crippen LogP contribution in [0.1, 0.15) is 50.5 Å². The highest BCUT2D eigenvalue weighted by Crippen LogP contribution is 2.49. The normalized spacial score (nSPS) is 30.2. The van der Waals surface area contributed by atoms with Crippen molar-refractivity contribution in [1.82, 2.24) is 14.7 Å². The van der Waals surface area contributed by atoms with Gasteiger partial charge in [0.25, 0.3) is 0 Å². The highest BCUT2D eigenvalue weighted by atomic mass is 16.2. The number of hydrogen-bond donors (Lipinski definition) is 1. The summed E-state index contributed by atoms with van der Waals surface area (Å²) in [6.07, 6.45) is 7.60. The van der Waals surface area contributed by atoms with Gasteiger partial charge in [-0.05, 0) is 64.1 Å². The van der Waals surface area contributed by atoms with Gasteiger partial charge in [-0.15, -0.1) is 0 Å². The highest BCUT2D eigenvalue weighted by molar-refractivity contribution is 5.85. The molecule has 29 heavy (non-hydrogen) atoms. The summed E-state index contributed by atoms with van der Waals surface area (Å²) in [7, 11) is 4.33. The number of carbonyl (C=O) groups is 2. The minimum absolute atomic E-state index is 0.00515. The van der Waals surface area contributed by atoms with Crippen LogP contribution in [0.4, 0.5) is 4.79 Å². The summed E-state index contributed by atoms with van der Waals surface area (Å²) in [5.41, 5.74) is 6.61. The fourth-order valence-electron chi connectivity index (χ4n) is 5.70. The van der Waals surface area contributed by atoms with Gasteiger partial charge >= 0.3 is 6.03 Å². The number of amides is 3. The van der Waals surface area contributed by atoms with E-state index in [1.165, 1.54) is 24.8 Å². The van der Waals surface area contributed by atoms with Crippen LogP contribution in [0.3, 0.4) is 0 Å². The molecule has 4 rings (SSSR count). The Balaban J connectivity index is 1.59. The molecule has 0 aromatic heterocycles. The Kier molecular flexibility index (Phi) is 5.32. The van der Waals surface area contributed by atoms with Crippen molar-refractivity contribution in [2.75, 3.05) is 33.7 Å². The lowest BCUT2D eigenvalue weighted by atomic mass is 9.68. The number of benzene rings is 1. The minimum Gasteiger partial charge on any atom is -0.368 e. The van der Waals surface area contributed by atoms with Gasteiger partial charge in [0.15, 0.2) is 0 Å². The first-order valence-corrected chi connectivity index (χ1v) is 10.9. The maximum absolute atomic E-state index is 13.2. The average molecular weight is 399 g/mol. The minimum atomic E-state index is -0.429. The van der Waals surface area contributed by atoms with Crippen LogP contribution in [0.5, 0.6) is 0 Å². The number of nitrogens with zero attached hydrogens (tertiary/aromatic N) is 3. The molecule has 1 saturated heterocycles. The third kappa shape index (κ3) is 3.52. The summed E-state index contributed by atoms with van der Waals surface area (Å²) in [6, 6.07) is 10.7. The summed E-state index contributed by atoms with van der Waals surface area (Å²) in [6.45, 7) is 1.48. The van der Waals surface area contributed by atoms with E-state index in [1.807, 2.05) is 0 Å². The second kappa shape index (κ2) is 7.63. The van der Waals surface area contributed by atoms with E-state index in [0.29, 0.717) is 12.5 Å². The van der Waals surface area contributed by atoms with Crippen molar-refractivity contribution in [3.8, 4) is 0 Å². The van der Waals surface area contributed by atoms with E-state index >= 15 is 0 Å². The second-order valence-electron chi connectivity index (χ2n) is 9.53. The molecule has 2 N–H and O–H groups in total. The first kappa shape index (κ1) is 20.2. The van der Waals surface area contributed by atoms with E-state index in [-0.39, 0.29) is 23.7 Å². The Morgan fingerprint density at radius 2 is 1.79 bits per heavy atom. The standard InChI is InChI=1S/C23H34N4O2/c1-25(2)23(19-9-4-3-5-10-19)13-11-22(12-14-23)17-26(16-20(24)28)21(29)27(22)15-18-7-6-8-18/h3-5,9-10,18H,6-8,11-17H2,1-2H3,(H2,24,28). The molecule has 1 aliphatic heterocycles. The molecule has 3 aliphatic rings. The molecular formula is C23H34N4O2. The molecule has 1 spiro atoms. The highest BCUT2D eigenvalue weighted by Gasteiger charge is 2.55. The van der Waals surface area contributed by atoms with E-state index in [0.717, 1.165) is 32.2 Å². The number of nitrogens with two attached hydrogens (primary N) is 1. The van der Waals surface area contributed by atoms with Gasteiger partial charge in [-0.3, -0.25) is 9.69 Å². The molecule has 1 heterocycles. The number of hydrogen-bond acceptors (Lipinski definition) is 3. The zero-order valence-corrected chi connectivity index (χ0v) is 17.8. The summed E-state index contributed by atoms with van der Waals surface area (Å²) >= 11 is 0. The van der Waals surface area contributed by atoms with Crippen molar-refractivity contribution in [1.29, 1.82) is 0 Å². The van der Waals surface area contributed by atoms with Crippen molar-refractivity contribution in [2.24, 2.45) is 11.7 Å². The number of urea groups is 1. The molecule has 0 bridgehead atoms. The molecule has 2 saturated carbocycles. The largest absolute Gasteiger partial charge is 0.368 e. The Morgan fingerprint density at radius 3 is 2.31 bits per heavy atom. The number of carbonyl (C=O) groups excluding carboxylic acids is 2. The lowest BCUT2D eigenvalue weighted by Crippen LogP contribution is -2.56. The van der Waals surface area contributed by atoms with Crippen LogP contribution in [-0.4, -0.2) is 65.9 Å². The number of rotatable bonds is 6. The molecule has 1 aromatic rings. The van der Waals surface area contributed by atoms with Gasteiger partial charge in [0.1, 0.15) is 6.54 Å². The molecule has 6 heteroatoms. The monoisotopic (exact) mass is 398 g/mol. The van der Waals surface area contributed by atoms with Gasteiger partial charge < -0.3 is 15.5 Å². The summed E-state index contributed by atoms with van der Waals surface area (Å²) in [4.78, 5) is 30.9. The number of primary amides is 1. The van der Waals surface area contributed by atoms with Crippen molar-refractivity contribution in [3.05, 3.63) is 35.9 Å². The maximum atomic E-state index is 13.2. The third-order valence-corrected chi connectivity index (χ3v) is 7.75. The van der Waals surface area contributed by atoms with Crippen LogP contribution in [0.15, 0.2) is 30.3 Å². The third-order valence-electron chi connectivity index (χ3n) is 7.75. The predicted octanol–water partition coefficient (Wildman–Crippen LogP) is 2.78. The smallest absolute Gasteiger partial charge is 0.321 e.